The summed E-state index contributed by atoms with van der Waals surface area (Å²) in [5.74, 6) is 0. The van der Waals surface area contributed by atoms with Gasteiger partial charge in [0.25, 0.3) is 0 Å². The van der Waals surface area contributed by atoms with E-state index in [0.29, 0.717) is 0 Å². The van der Waals surface area contributed by atoms with Crippen molar-refractivity contribution in [2.45, 2.75) is 0 Å². The summed E-state index contributed by atoms with van der Waals surface area (Å²) in [5, 5.41) is 12.1. The number of hydrogen-bond acceptors (Lipinski definition) is 2. The highest BCUT2D eigenvalue weighted by Crippen LogP contribution is 2.47. The van der Waals surface area contributed by atoms with E-state index >= 15 is 0 Å². The molecule has 0 saturated heterocycles. The summed E-state index contributed by atoms with van der Waals surface area (Å²) in [6, 6.07) is 59.5. The molecule has 0 amide bonds. The number of benzene rings is 8. The average Bonchev–Trinajstić information content (AvgIpc) is 4.03. The molecule has 6 heterocycles. The van der Waals surface area contributed by atoms with Gasteiger partial charge >= 0.3 is 0 Å². The van der Waals surface area contributed by atoms with Crippen LogP contribution in [0.15, 0.2) is 164 Å². The molecule has 8 aromatic carbocycles. The SMILES string of the molecule is c1ccc(-n2c3ccccc3c3cc(-c4cccc5c6cc7ccccc7c7c8nc9c(nc8n(c45)c67)c4cccc5c6ccccc6n9c54)ccc32)cc1. The van der Waals surface area contributed by atoms with E-state index in [2.05, 4.69) is 177 Å². The van der Waals surface area contributed by atoms with Gasteiger partial charge in [0.2, 0.25) is 0 Å². The molecule has 6 aromatic heterocycles. The molecule has 14 aromatic rings. The van der Waals surface area contributed by atoms with Gasteiger partial charge in [0.1, 0.15) is 11.0 Å². The highest BCUT2D eigenvalue weighted by molar-refractivity contribution is 6.32. The highest BCUT2D eigenvalue weighted by Gasteiger charge is 2.27. The molecule has 14 rings (SSSR count). The first-order valence-electron chi connectivity index (χ1n) is 18.9. The lowest BCUT2D eigenvalue weighted by atomic mass is 9.98. The van der Waals surface area contributed by atoms with Crippen LogP contribution in [0.5, 0.6) is 0 Å². The Kier molecular flexibility index (Phi) is 4.96. The number of nitrogens with zero attached hydrogens (tertiary/aromatic N) is 5. The third-order valence-electron chi connectivity index (χ3n) is 12.3. The number of aromatic nitrogens is 5. The van der Waals surface area contributed by atoms with Crippen LogP contribution >= 0.6 is 0 Å². The first-order valence-corrected chi connectivity index (χ1v) is 18.9. The van der Waals surface area contributed by atoms with Crippen LogP contribution in [-0.2, 0) is 0 Å². The lowest BCUT2D eigenvalue weighted by Gasteiger charge is -2.09. The Morgan fingerprint density at radius 1 is 0.364 bits per heavy atom. The van der Waals surface area contributed by atoms with E-state index in [1.54, 1.807) is 0 Å². The summed E-state index contributed by atoms with van der Waals surface area (Å²) >= 11 is 0. The average molecular weight is 698 g/mol. The maximum absolute atomic E-state index is 5.66. The molecule has 55 heavy (non-hydrogen) atoms. The van der Waals surface area contributed by atoms with E-state index in [-0.39, 0.29) is 0 Å². The molecule has 0 radical (unpaired) electrons. The van der Waals surface area contributed by atoms with Gasteiger partial charge in [-0.05, 0) is 58.8 Å². The highest BCUT2D eigenvalue weighted by atomic mass is 15.1. The topological polar surface area (TPSA) is 39.5 Å². The Balaban J connectivity index is 1.15. The molecule has 252 valence electrons. The fourth-order valence-electron chi connectivity index (χ4n) is 10.1. The van der Waals surface area contributed by atoms with E-state index < -0.39 is 0 Å². The molecule has 0 unspecified atom stereocenters. The van der Waals surface area contributed by atoms with Crippen LogP contribution in [0.1, 0.15) is 0 Å². The minimum Gasteiger partial charge on any atom is -0.309 e. The first-order chi connectivity index (χ1) is 27.3. The van der Waals surface area contributed by atoms with Gasteiger partial charge in [0.15, 0.2) is 11.3 Å². The van der Waals surface area contributed by atoms with Crippen LogP contribution in [0.4, 0.5) is 0 Å². The van der Waals surface area contributed by atoms with Crippen LogP contribution < -0.4 is 0 Å². The molecule has 0 N–H and O–H groups in total. The molecule has 5 nitrogen and oxygen atoms in total. The second-order valence-electron chi connectivity index (χ2n) is 14.9. The number of para-hydroxylation sites is 5. The van der Waals surface area contributed by atoms with Crippen LogP contribution in [0.25, 0.3) is 126 Å². The lowest BCUT2D eigenvalue weighted by Crippen LogP contribution is -1.93. The molecular weight excluding hydrogens is 671 g/mol. The standard InChI is InChI=1S/C50H27N5/c1-2-13-30(14-3-1)53-40-22-8-7-17-34(40)38-26-29(24-25-42(38)53)32-18-10-20-36-39-27-28-12-4-5-15-31(28)43-45-50(55(46(32)36)48(39)43)51-44-37-21-11-19-35-33-16-6-9-23-41(33)54(47(35)37)49(44)52-45/h1-27H. The quantitative estimate of drug-likeness (QED) is 0.180. The van der Waals surface area contributed by atoms with Crippen molar-refractivity contribution in [3.63, 3.8) is 0 Å². The van der Waals surface area contributed by atoms with Gasteiger partial charge in [0.05, 0.1) is 33.1 Å². The number of rotatable bonds is 2. The van der Waals surface area contributed by atoms with Crippen LogP contribution in [0.2, 0.25) is 0 Å². The summed E-state index contributed by atoms with van der Waals surface area (Å²) in [6.07, 6.45) is 0. The van der Waals surface area contributed by atoms with Crippen molar-refractivity contribution in [2.24, 2.45) is 0 Å². The largest absolute Gasteiger partial charge is 0.309 e. The molecular formula is C50H27N5. The summed E-state index contributed by atoms with van der Waals surface area (Å²) in [5.41, 5.74) is 14.3. The third kappa shape index (κ3) is 3.32. The van der Waals surface area contributed by atoms with Crippen molar-refractivity contribution in [1.82, 2.24) is 23.3 Å². The first kappa shape index (κ1) is 28.1. The van der Waals surface area contributed by atoms with Gasteiger partial charge in [-0.25, -0.2) is 9.97 Å². The Morgan fingerprint density at radius 2 is 1.00 bits per heavy atom. The number of hydrogen-bond donors (Lipinski definition) is 0. The fourth-order valence-corrected chi connectivity index (χ4v) is 10.1. The van der Waals surface area contributed by atoms with E-state index in [9.17, 15) is 0 Å². The molecule has 0 fully saturated rings. The predicted molar refractivity (Wildman–Crippen MR) is 229 cm³/mol. The maximum atomic E-state index is 5.66. The molecule has 0 aliphatic rings. The third-order valence-corrected chi connectivity index (χ3v) is 12.3. The van der Waals surface area contributed by atoms with Crippen molar-refractivity contribution in [2.75, 3.05) is 0 Å². The Labute approximate surface area is 312 Å². The van der Waals surface area contributed by atoms with Crippen LogP contribution in [0, 0.1) is 0 Å². The van der Waals surface area contributed by atoms with Gasteiger partial charge in [-0.1, -0.05) is 121 Å². The lowest BCUT2D eigenvalue weighted by molar-refractivity contribution is 1.18. The molecule has 0 spiro atoms. The zero-order valence-corrected chi connectivity index (χ0v) is 29.3. The summed E-state index contributed by atoms with van der Waals surface area (Å²) in [4.78, 5) is 11.3. The Hall–Kier alpha value is -7.50. The predicted octanol–water partition coefficient (Wildman–Crippen LogP) is 12.7. The number of fused-ring (bicyclic) bond motifs is 17. The van der Waals surface area contributed by atoms with Crippen molar-refractivity contribution in [1.29, 1.82) is 0 Å². The smallest absolute Gasteiger partial charge is 0.165 e. The van der Waals surface area contributed by atoms with Gasteiger partial charge in [-0.3, -0.25) is 8.80 Å². The van der Waals surface area contributed by atoms with E-state index in [4.69, 9.17) is 9.97 Å². The van der Waals surface area contributed by atoms with Crippen LogP contribution in [0.3, 0.4) is 0 Å². The van der Waals surface area contributed by atoms with Gasteiger partial charge < -0.3 is 4.57 Å². The summed E-state index contributed by atoms with van der Waals surface area (Å²) < 4.78 is 7.14. The molecule has 0 saturated carbocycles. The molecule has 0 aliphatic heterocycles. The van der Waals surface area contributed by atoms with Crippen LogP contribution in [-0.4, -0.2) is 23.3 Å². The van der Waals surface area contributed by atoms with E-state index in [1.807, 2.05) is 0 Å². The normalized spacial score (nSPS) is 12.7. The Bertz CT molecular complexity index is 3940. The second kappa shape index (κ2) is 9.72. The zero-order valence-electron chi connectivity index (χ0n) is 29.3. The van der Waals surface area contributed by atoms with Crippen molar-refractivity contribution >= 4 is 109 Å². The Morgan fingerprint density at radius 3 is 1.87 bits per heavy atom. The second-order valence-corrected chi connectivity index (χ2v) is 14.9. The van der Waals surface area contributed by atoms with Gasteiger partial charge in [-0.2, -0.15) is 0 Å². The molecule has 0 atom stereocenters. The minimum atomic E-state index is 0.895. The van der Waals surface area contributed by atoms with Crippen molar-refractivity contribution in [3.8, 4) is 16.8 Å². The fraction of sp³-hybridized carbons (Fsp3) is 0. The van der Waals surface area contributed by atoms with Crippen molar-refractivity contribution < 1.29 is 0 Å². The van der Waals surface area contributed by atoms with Gasteiger partial charge in [-0.15, -0.1) is 0 Å². The monoisotopic (exact) mass is 697 g/mol. The van der Waals surface area contributed by atoms with Gasteiger partial charge in [0, 0.05) is 54.3 Å². The van der Waals surface area contributed by atoms with E-state index in [0.717, 1.165) is 49.8 Å². The van der Waals surface area contributed by atoms with E-state index in [1.165, 1.54) is 76.3 Å². The summed E-state index contributed by atoms with van der Waals surface area (Å²) in [7, 11) is 0. The van der Waals surface area contributed by atoms with Crippen molar-refractivity contribution in [3.05, 3.63) is 164 Å². The minimum absolute atomic E-state index is 0.895. The molecule has 0 bridgehead atoms. The maximum Gasteiger partial charge on any atom is 0.165 e. The summed E-state index contributed by atoms with van der Waals surface area (Å²) in [6.45, 7) is 0. The molecule has 5 heteroatoms. The molecule has 0 aliphatic carbocycles. The zero-order chi connectivity index (χ0) is 35.5.